The Labute approximate surface area is 158 Å². The Hall–Kier alpha value is -1.92. The van der Waals surface area contributed by atoms with Crippen LogP contribution < -0.4 is 0 Å². The number of likely N-dealkylation sites (N-methyl/N-ethyl adjacent to an activating group) is 1. The molecule has 1 atom stereocenters. The van der Waals surface area contributed by atoms with Crippen molar-refractivity contribution in [2.24, 2.45) is 0 Å². The number of likely N-dealkylation sites (tertiary alicyclic amines) is 1. The summed E-state index contributed by atoms with van der Waals surface area (Å²) in [6, 6.07) is 4.10. The van der Waals surface area contributed by atoms with Gasteiger partial charge in [-0.2, -0.15) is 0 Å². The van der Waals surface area contributed by atoms with Crippen LogP contribution in [0.2, 0.25) is 5.02 Å². The van der Waals surface area contributed by atoms with Crippen LogP contribution in [0, 0.1) is 5.82 Å². The minimum absolute atomic E-state index is 0.0362. The number of nitrogens with zero attached hydrogens (tertiary/aromatic N) is 4. The molecule has 1 aliphatic rings. The Morgan fingerprint density at radius 1 is 1.42 bits per heavy atom. The van der Waals surface area contributed by atoms with Gasteiger partial charge in [0.1, 0.15) is 11.6 Å². The predicted molar refractivity (Wildman–Crippen MR) is 100 cm³/mol. The van der Waals surface area contributed by atoms with E-state index in [1.807, 2.05) is 26.5 Å². The number of halogens is 2. The zero-order valence-corrected chi connectivity index (χ0v) is 15.9. The van der Waals surface area contributed by atoms with Crippen LogP contribution in [0.1, 0.15) is 34.9 Å². The van der Waals surface area contributed by atoms with Crippen molar-refractivity contribution in [1.82, 2.24) is 19.4 Å². The van der Waals surface area contributed by atoms with E-state index in [1.54, 1.807) is 4.90 Å². The van der Waals surface area contributed by atoms with Crippen molar-refractivity contribution in [1.29, 1.82) is 0 Å². The lowest BCUT2D eigenvalue weighted by molar-refractivity contribution is 0.0698. The van der Waals surface area contributed by atoms with Gasteiger partial charge in [0.25, 0.3) is 5.91 Å². The number of piperidine rings is 1. The molecule has 1 aromatic heterocycles. The SMILES string of the molecule is CN(C)CCn1ccnc1[C@@H]1CCCN(C(=O)c2cc(Cl)ccc2F)C1. The third-order valence-corrected chi connectivity index (χ3v) is 5.00. The van der Waals surface area contributed by atoms with Crippen LogP contribution in [0.15, 0.2) is 30.6 Å². The van der Waals surface area contributed by atoms with Crippen LogP contribution in [0.3, 0.4) is 0 Å². The number of hydrogen-bond donors (Lipinski definition) is 0. The first-order chi connectivity index (χ1) is 12.5. The maximum atomic E-state index is 14.1. The molecule has 0 aliphatic carbocycles. The molecule has 2 aromatic rings. The molecule has 1 aliphatic heterocycles. The highest BCUT2D eigenvalue weighted by molar-refractivity contribution is 6.31. The minimum atomic E-state index is -0.533. The first-order valence-electron chi connectivity index (χ1n) is 8.86. The summed E-state index contributed by atoms with van der Waals surface area (Å²) in [4.78, 5) is 21.2. The summed E-state index contributed by atoms with van der Waals surface area (Å²) in [7, 11) is 4.08. The molecule has 5 nitrogen and oxygen atoms in total. The normalized spacial score (nSPS) is 17.7. The second-order valence-electron chi connectivity index (χ2n) is 7.00. The van der Waals surface area contributed by atoms with Crippen molar-refractivity contribution in [3.63, 3.8) is 0 Å². The van der Waals surface area contributed by atoms with Gasteiger partial charge in [-0.25, -0.2) is 9.37 Å². The molecule has 3 rings (SSSR count). The van der Waals surface area contributed by atoms with Crippen LogP contribution >= 0.6 is 11.6 Å². The molecule has 2 heterocycles. The highest BCUT2D eigenvalue weighted by atomic mass is 35.5. The van der Waals surface area contributed by atoms with Gasteiger partial charge in [0.05, 0.1) is 5.56 Å². The molecular weight excluding hydrogens is 355 g/mol. The third-order valence-electron chi connectivity index (χ3n) is 4.77. The molecule has 1 amide bonds. The molecule has 0 bridgehead atoms. The average molecular weight is 379 g/mol. The van der Waals surface area contributed by atoms with Crippen LogP contribution in [0.5, 0.6) is 0 Å². The Balaban J connectivity index is 1.75. The predicted octanol–water partition coefficient (Wildman–Crippen LogP) is 3.26. The maximum absolute atomic E-state index is 14.1. The smallest absolute Gasteiger partial charge is 0.256 e. The molecule has 0 unspecified atom stereocenters. The maximum Gasteiger partial charge on any atom is 0.256 e. The molecule has 26 heavy (non-hydrogen) atoms. The second kappa shape index (κ2) is 8.18. The van der Waals surface area contributed by atoms with Crippen molar-refractivity contribution in [3.05, 3.63) is 52.8 Å². The Kier molecular flexibility index (Phi) is 5.94. The number of hydrogen-bond acceptors (Lipinski definition) is 3. The van der Waals surface area contributed by atoms with E-state index < -0.39 is 5.82 Å². The molecule has 0 radical (unpaired) electrons. The quantitative estimate of drug-likeness (QED) is 0.802. The standard InChI is InChI=1S/C19H24ClFN4O/c1-23(2)10-11-24-9-7-22-18(24)14-4-3-8-25(13-14)19(26)16-12-15(20)5-6-17(16)21/h5-7,9,12,14H,3-4,8,10-11,13H2,1-2H3/t14-/m1/s1. The Morgan fingerprint density at radius 3 is 3.00 bits per heavy atom. The number of rotatable bonds is 5. The van der Waals surface area contributed by atoms with Crippen molar-refractivity contribution >= 4 is 17.5 Å². The first-order valence-corrected chi connectivity index (χ1v) is 9.23. The van der Waals surface area contributed by atoms with Gasteiger partial charge in [-0.05, 0) is 45.1 Å². The topological polar surface area (TPSA) is 41.4 Å². The van der Waals surface area contributed by atoms with Gasteiger partial charge < -0.3 is 14.4 Å². The van der Waals surface area contributed by atoms with Gasteiger partial charge in [0.2, 0.25) is 0 Å². The van der Waals surface area contributed by atoms with E-state index in [1.165, 1.54) is 18.2 Å². The Morgan fingerprint density at radius 2 is 2.23 bits per heavy atom. The fourth-order valence-corrected chi connectivity index (χ4v) is 3.55. The summed E-state index contributed by atoms with van der Waals surface area (Å²) in [5.41, 5.74) is 0.0362. The third kappa shape index (κ3) is 4.24. The fourth-order valence-electron chi connectivity index (χ4n) is 3.38. The van der Waals surface area contributed by atoms with Crippen LogP contribution in [-0.2, 0) is 6.54 Å². The summed E-state index contributed by atoms with van der Waals surface area (Å²) < 4.78 is 16.2. The Bertz CT molecular complexity index is 777. The minimum Gasteiger partial charge on any atom is -0.338 e. The average Bonchev–Trinajstić information content (AvgIpc) is 3.10. The zero-order chi connectivity index (χ0) is 18.7. The van der Waals surface area contributed by atoms with Gasteiger partial charge in [0, 0.05) is 49.5 Å². The van der Waals surface area contributed by atoms with E-state index in [-0.39, 0.29) is 17.4 Å². The van der Waals surface area contributed by atoms with E-state index in [0.717, 1.165) is 31.8 Å². The van der Waals surface area contributed by atoms with Gasteiger partial charge in [-0.3, -0.25) is 4.79 Å². The molecule has 0 saturated carbocycles. The molecule has 1 aromatic carbocycles. The summed E-state index contributed by atoms with van der Waals surface area (Å²) in [6.07, 6.45) is 5.64. The van der Waals surface area contributed by atoms with Crippen molar-refractivity contribution < 1.29 is 9.18 Å². The van der Waals surface area contributed by atoms with E-state index in [2.05, 4.69) is 14.5 Å². The molecule has 140 valence electrons. The summed E-state index contributed by atoms with van der Waals surface area (Å²) in [5, 5.41) is 0.363. The zero-order valence-electron chi connectivity index (χ0n) is 15.2. The number of amides is 1. The number of imidazole rings is 1. The monoisotopic (exact) mass is 378 g/mol. The molecule has 1 fully saturated rings. The van der Waals surface area contributed by atoms with E-state index in [0.29, 0.717) is 18.1 Å². The number of carbonyl (C=O) groups is 1. The van der Waals surface area contributed by atoms with Crippen LogP contribution in [-0.4, -0.2) is 59.0 Å². The summed E-state index contributed by atoms with van der Waals surface area (Å²) in [5.74, 6) is 0.318. The molecule has 7 heteroatoms. The van der Waals surface area contributed by atoms with Crippen molar-refractivity contribution in [3.8, 4) is 0 Å². The molecule has 0 spiro atoms. The van der Waals surface area contributed by atoms with Gasteiger partial charge in [0.15, 0.2) is 0 Å². The fraction of sp³-hybridized carbons (Fsp3) is 0.474. The molecular formula is C19H24ClFN4O. The number of carbonyl (C=O) groups excluding carboxylic acids is 1. The lowest BCUT2D eigenvalue weighted by Crippen LogP contribution is -2.40. The van der Waals surface area contributed by atoms with Gasteiger partial charge in [-0.15, -0.1) is 0 Å². The van der Waals surface area contributed by atoms with Crippen molar-refractivity contribution in [2.75, 3.05) is 33.7 Å². The highest BCUT2D eigenvalue weighted by Gasteiger charge is 2.29. The summed E-state index contributed by atoms with van der Waals surface area (Å²) in [6.45, 7) is 2.95. The van der Waals surface area contributed by atoms with E-state index in [9.17, 15) is 9.18 Å². The lowest BCUT2D eigenvalue weighted by atomic mass is 9.96. The van der Waals surface area contributed by atoms with E-state index in [4.69, 9.17) is 11.6 Å². The van der Waals surface area contributed by atoms with E-state index >= 15 is 0 Å². The molecule has 0 N–H and O–H groups in total. The second-order valence-corrected chi connectivity index (χ2v) is 7.43. The largest absolute Gasteiger partial charge is 0.338 e. The lowest BCUT2D eigenvalue weighted by Gasteiger charge is -2.33. The van der Waals surface area contributed by atoms with Gasteiger partial charge >= 0.3 is 0 Å². The first kappa shape index (κ1) is 18.9. The van der Waals surface area contributed by atoms with Crippen LogP contribution in [0.25, 0.3) is 0 Å². The highest BCUT2D eigenvalue weighted by Crippen LogP contribution is 2.27. The van der Waals surface area contributed by atoms with Gasteiger partial charge in [-0.1, -0.05) is 11.6 Å². The number of benzene rings is 1. The molecule has 1 saturated heterocycles. The van der Waals surface area contributed by atoms with Crippen molar-refractivity contribution in [2.45, 2.75) is 25.3 Å². The van der Waals surface area contributed by atoms with Crippen LogP contribution in [0.4, 0.5) is 4.39 Å². The summed E-state index contributed by atoms with van der Waals surface area (Å²) >= 11 is 5.94. The number of aromatic nitrogens is 2.